The maximum Gasteiger partial charge on any atom is 0.217 e. The first-order valence-electron chi connectivity index (χ1n) is 6.20. The number of rotatable bonds is 6. The lowest BCUT2D eigenvalue weighted by Crippen LogP contribution is -2.59. The lowest BCUT2D eigenvalue weighted by Gasteiger charge is -2.39. The van der Waals surface area contributed by atoms with Gasteiger partial charge in [0.2, 0.25) is 5.91 Å². The number of carbonyl (C=O) groups is 2. The molecule has 1 aliphatic rings. The van der Waals surface area contributed by atoms with Gasteiger partial charge in [0, 0.05) is 11.8 Å². The third kappa shape index (κ3) is 4.09. The Morgan fingerprint density at radius 3 is 2.68 bits per heavy atom. The molecule has 0 aromatic carbocycles. The minimum absolute atomic E-state index is 0.562. The van der Waals surface area contributed by atoms with E-state index >= 15 is 0 Å². The predicted molar refractivity (Wildman–Crippen MR) is 67.6 cm³/mol. The van der Waals surface area contributed by atoms with Crippen LogP contribution >= 0.6 is 0 Å². The Balaban J connectivity index is 3.23. The average Bonchev–Trinajstić information content (AvgIpc) is 2.46. The van der Waals surface area contributed by atoms with Gasteiger partial charge in [-0.25, -0.2) is 0 Å². The monoisotopic (exact) mass is 315 g/mol. The normalized spacial score (nSPS) is 26.7. The van der Waals surface area contributed by atoms with Gasteiger partial charge in [-0.3, -0.25) is 4.79 Å². The molecule has 0 unspecified atom stereocenters. The van der Waals surface area contributed by atoms with Gasteiger partial charge in [0.05, 0.1) is 18.7 Å². The Kier molecular flexibility index (Phi) is 6.13. The molecule has 1 aliphatic heterocycles. The fourth-order valence-electron chi connectivity index (χ4n) is 2.00. The molecule has 4 N–H and O–H groups in total. The van der Waals surface area contributed by atoms with Gasteiger partial charge in [-0.05, 0) is 11.6 Å². The highest BCUT2D eigenvalue weighted by Gasteiger charge is 2.42. The molecule has 0 fully saturated rings. The Hall–Kier alpha value is -2.33. The summed E-state index contributed by atoms with van der Waals surface area (Å²) in [4.78, 5) is 24.7. The van der Waals surface area contributed by atoms with Crippen LogP contribution in [0.3, 0.4) is 0 Å². The average molecular weight is 315 g/mol. The van der Waals surface area contributed by atoms with Gasteiger partial charge in [-0.1, -0.05) is 5.11 Å². The lowest BCUT2D eigenvalue weighted by atomic mass is 9.92. The number of azide groups is 1. The third-order valence-electron chi connectivity index (χ3n) is 2.98. The first kappa shape index (κ1) is 17.7. The van der Waals surface area contributed by atoms with E-state index in [1.165, 1.54) is 0 Å². The molecule has 0 aliphatic carbocycles. The highest BCUT2D eigenvalue weighted by atomic mass is 16.5. The van der Waals surface area contributed by atoms with Gasteiger partial charge in [0.15, 0.2) is 0 Å². The third-order valence-corrected chi connectivity index (χ3v) is 2.98. The fraction of sp³-hybridized carbons (Fsp3) is 0.636. The molecular formula is C11H15N4O7-. The van der Waals surface area contributed by atoms with Crippen molar-refractivity contribution >= 4 is 11.9 Å². The molecule has 0 aromatic heterocycles. The Bertz CT molecular complexity index is 517. The summed E-state index contributed by atoms with van der Waals surface area (Å²) in [6, 6.07) is -2.34. The molecule has 1 amide bonds. The molecule has 122 valence electrons. The van der Waals surface area contributed by atoms with E-state index in [0.29, 0.717) is 0 Å². The summed E-state index contributed by atoms with van der Waals surface area (Å²) < 4.78 is 5.00. The number of aliphatic hydroxyl groups excluding tert-OH is 3. The van der Waals surface area contributed by atoms with Crippen LogP contribution in [0.5, 0.6) is 0 Å². The van der Waals surface area contributed by atoms with E-state index in [2.05, 4.69) is 15.3 Å². The number of carboxylic acids is 1. The van der Waals surface area contributed by atoms with Crippen molar-refractivity contribution in [3.63, 3.8) is 0 Å². The number of aliphatic carboxylic acids is 1. The fourth-order valence-corrected chi connectivity index (χ4v) is 2.00. The number of ether oxygens (including phenoxy) is 1. The molecule has 0 radical (unpaired) electrons. The number of nitrogens with zero attached hydrogens (tertiary/aromatic N) is 3. The minimum atomic E-state index is -1.75. The standard InChI is InChI=1S/C11H16N4O7/c1-4(17)13-8-5(14-15-12)2-7(11(20)21)22-10(8)9(19)6(18)3-16/h2,5-6,8-10,16,18-19H,3H2,1H3,(H,13,17)(H,20,21)/p-1/t5-,6+,8+,9+,10+/m0/s1. The second-order valence-corrected chi connectivity index (χ2v) is 4.56. The number of carbonyl (C=O) groups excluding carboxylic acids is 2. The summed E-state index contributed by atoms with van der Waals surface area (Å²) in [6.45, 7) is 0.321. The smallest absolute Gasteiger partial charge is 0.217 e. The summed E-state index contributed by atoms with van der Waals surface area (Å²) in [7, 11) is 0. The van der Waals surface area contributed by atoms with E-state index in [0.717, 1.165) is 13.0 Å². The van der Waals surface area contributed by atoms with E-state index in [9.17, 15) is 24.9 Å². The van der Waals surface area contributed by atoms with E-state index < -0.39 is 54.6 Å². The van der Waals surface area contributed by atoms with Crippen LogP contribution in [-0.4, -0.2) is 64.2 Å². The van der Waals surface area contributed by atoms with Crippen molar-refractivity contribution in [1.82, 2.24) is 5.32 Å². The Morgan fingerprint density at radius 1 is 1.59 bits per heavy atom. The number of carboxylic acid groups (broad SMARTS) is 1. The molecule has 22 heavy (non-hydrogen) atoms. The molecule has 0 saturated heterocycles. The maximum atomic E-state index is 11.2. The number of amides is 1. The predicted octanol–water partition coefficient (Wildman–Crippen LogP) is -3.08. The van der Waals surface area contributed by atoms with Crippen LogP contribution in [-0.2, 0) is 14.3 Å². The molecule has 1 heterocycles. The quantitative estimate of drug-likeness (QED) is 0.227. The van der Waals surface area contributed by atoms with Crippen molar-refractivity contribution in [3.05, 3.63) is 22.3 Å². The van der Waals surface area contributed by atoms with Crippen molar-refractivity contribution in [1.29, 1.82) is 0 Å². The van der Waals surface area contributed by atoms with Crippen LogP contribution in [0.1, 0.15) is 6.92 Å². The zero-order chi connectivity index (χ0) is 16.9. The number of aliphatic hydroxyl groups is 3. The summed E-state index contributed by atoms with van der Waals surface area (Å²) in [6.07, 6.45) is -3.96. The second kappa shape index (κ2) is 7.61. The van der Waals surface area contributed by atoms with Gasteiger partial charge in [0.25, 0.3) is 0 Å². The summed E-state index contributed by atoms with van der Waals surface area (Å²) >= 11 is 0. The Morgan fingerprint density at radius 2 is 2.23 bits per heavy atom. The van der Waals surface area contributed by atoms with Crippen LogP contribution in [0.25, 0.3) is 10.4 Å². The first-order chi connectivity index (χ1) is 10.3. The number of hydrogen-bond donors (Lipinski definition) is 4. The first-order valence-corrected chi connectivity index (χ1v) is 6.20. The Labute approximate surface area is 124 Å². The lowest BCUT2D eigenvalue weighted by molar-refractivity contribution is -0.305. The van der Waals surface area contributed by atoms with Crippen LogP contribution in [0.4, 0.5) is 0 Å². The van der Waals surface area contributed by atoms with Gasteiger partial charge >= 0.3 is 0 Å². The van der Waals surface area contributed by atoms with E-state index in [1.807, 2.05) is 0 Å². The zero-order valence-corrected chi connectivity index (χ0v) is 11.5. The van der Waals surface area contributed by atoms with Crippen molar-refractivity contribution in [2.45, 2.75) is 37.3 Å². The van der Waals surface area contributed by atoms with Gasteiger partial charge < -0.3 is 35.3 Å². The van der Waals surface area contributed by atoms with E-state index in [1.54, 1.807) is 0 Å². The SMILES string of the molecule is CC(=O)N[C@H]1[C@H]([C@H](O)[C@H](O)CO)OC(C(=O)[O-])=C[C@@H]1N=[N+]=[N-]. The highest BCUT2D eigenvalue weighted by molar-refractivity contribution is 5.83. The van der Waals surface area contributed by atoms with Gasteiger partial charge in [-0.2, -0.15) is 0 Å². The number of hydrogen-bond acceptors (Lipinski definition) is 8. The molecular weight excluding hydrogens is 300 g/mol. The summed E-state index contributed by atoms with van der Waals surface area (Å²) in [5, 5.41) is 44.9. The van der Waals surface area contributed by atoms with Crippen LogP contribution in [0.15, 0.2) is 16.9 Å². The van der Waals surface area contributed by atoms with Crippen LogP contribution < -0.4 is 10.4 Å². The van der Waals surface area contributed by atoms with Crippen molar-refractivity contribution in [3.8, 4) is 0 Å². The van der Waals surface area contributed by atoms with Crippen LogP contribution in [0.2, 0.25) is 0 Å². The van der Waals surface area contributed by atoms with Crippen LogP contribution in [0, 0.1) is 0 Å². The molecule has 0 spiro atoms. The van der Waals surface area contributed by atoms with Crippen molar-refractivity contribution in [2.24, 2.45) is 5.11 Å². The van der Waals surface area contributed by atoms with Gasteiger partial charge in [0.1, 0.15) is 30.0 Å². The largest absolute Gasteiger partial charge is 0.542 e. The zero-order valence-electron chi connectivity index (χ0n) is 11.5. The van der Waals surface area contributed by atoms with Crippen molar-refractivity contribution < 1.29 is 34.8 Å². The molecule has 0 bridgehead atoms. The molecule has 0 saturated carbocycles. The molecule has 11 nitrogen and oxygen atoms in total. The molecule has 5 atom stereocenters. The number of nitrogens with one attached hydrogen (secondary N) is 1. The van der Waals surface area contributed by atoms with E-state index in [4.69, 9.17) is 15.4 Å². The van der Waals surface area contributed by atoms with E-state index in [-0.39, 0.29) is 0 Å². The second-order valence-electron chi connectivity index (χ2n) is 4.56. The summed E-state index contributed by atoms with van der Waals surface area (Å²) in [5.74, 6) is -3.00. The van der Waals surface area contributed by atoms with Gasteiger partial charge in [-0.15, -0.1) is 0 Å². The molecule has 11 heteroatoms. The highest BCUT2D eigenvalue weighted by Crippen LogP contribution is 2.24. The molecule has 0 aromatic rings. The molecule has 1 rings (SSSR count). The topological polar surface area (TPSA) is 188 Å². The maximum absolute atomic E-state index is 11.2. The summed E-state index contributed by atoms with van der Waals surface area (Å²) in [5.41, 5.74) is 8.54. The van der Waals surface area contributed by atoms with Crippen molar-refractivity contribution in [2.75, 3.05) is 6.61 Å². The minimum Gasteiger partial charge on any atom is -0.542 e.